The summed E-state index contributed by atoms with van der Waals surface area (Å²) in [6.07, 6.45) is 6.29. The molecule has 1 aliphatic heterocycles. The number of piperidine rings is 1. The highest BCUT2D eigenvalue weighted by Gasteiger charge is 2.19. The minimum absolute atomic E-state index is 0.588. The second-order valence-electron chi connectivity index (χ2n) is 5.74. The first kappa shape index (κ1) is 14.1. The van der Waals surface area contributed by atoms with Crippen LogP contribution in [0.4, 0.5) is 5.82 Å². The average Bonchev–Trinajstić information content (AvgIpc) is 2.84. The van der Waals surface area contributed by atoms with E-state index in [4.69, 9.17) is 0 Å². The van der Waals surface area contributed by atoms with E-state index in [-0.39, 0.29) is 0 Å². The summed E-state index contributed by atoms with van der Waals surface area (Å²) >= 11 is 0. The van der Waals surface area contributed by atoms with Gasteiger partial charge in [-0.15, -0.1) is 0 Å². The van der Waals surface area contributed by atoms with E-state index >= 15 is 0 Å². The molecule has 0 aromatic carbocycles. The van der Waals surface area contributed by atoms with Crippen LogP contribution in [0.1, 0.15) is 24.1 Å². The van der Waals surface area contributed by atoms with Crippen molar-refractivity contribution in [1.82, 2.24) is 20.1 Å². The fourth-order valence-corrected chi connectivity index (χ4v) is 2.93. The van der Waals surface area contributed by atoms with Gasteiger partial charge in [0.2, 0.25) is 0 Å². The van der Waals surface area contributed by atoms with Crippen LogP contribution in [-0.4, -0.2) is 33.9 Å². The van der Waals surface area contributed by atoms with Crippen LogP contribution in [0.3, 0.4) is 0 Å². The second kappa shape index (κ2) is 6.26. The van der Waals surface area contributed by atoms with Crippen LogP contribution in [0.5, 0.6) is 0 Å². The zero-order valence-electron chi connectivity index (χ0n) is 12.8. The van der Waals surface area contributed by atoms with Gasteiger partial charge in [-0.25, -0.2) is 4.98 Å². The lowest BCUT2D eigenvalue weighted by Gasteiger charge is -2.33. The molecular formula is C16H23N5. The molecule has 0 bridgehead atoms. The van der Waals surface area contributed by atoms with Crippen LogP contribution in [-0.2, 0) is 13.6 Å². The number of rotatable bonds is 4. The van der Waals surface area contributed by atoms with Gasteiger partial charge in [0, 0.05) is 50.7 Å². The molecule has 5 nitrogen and oxygen atoms in total. The fraction of sp³-hybridized carbons (Fsp3) is 0.500. The van der Waals surface area contributed by atoms with Crippen LogP contribution in [0, 0.1) is 6.92 Å². The Kier molecular flexibility index (Phi) is 4.20. The monoisotopic (exact) mass is 285 g/mol. The molecule has 3 heterocycles. The normalized spacial score (nSPS) is 16.4. The maximum absolute atomic E-state index is 4.43. The summed E-state index contributed by atoms with van der Waals surface area (Å²) in [4.78, 5) is 6.80. The standard InChI is InChI=1S/C16H23N5/c1-13-14(12-20(2)19-13)11-18-15-6-9-21(10-7-15)16-5-3-4-8-17-16/h3-5,8,12,15,18H,6-7,9-11H2,1-2H3. The number of nitrogens with one attached hydrogen (secondary N) is 1. The molecule has 1 fully saturated rings. The Morgan fingerprint density at radius 2 is 2.10 bits per heavy atom. The van der Waals surface area contributed by atoms with Crippen LogP contribution in [0.2, 0.25) is 0 Å². The van der Waals surface area contributed by atoms with E-state index in [9.17, 15) is 0 Å². The largest absolute Gasteiger partial charge is 0.357 e. The molecule has 5 heteroatoms. The molecule has 0 radical (unpaired) electrons. The van der Waals surface area contributed by atoms with Crippen molar-refractivity contribution in [2.24, 2.45) is 7.05 Å². The number of anilines is 1. The van der Waals surface area contributed by atoms with Gasteiger partial charge < -0.3 is 10.2 Å². The van der Waals surface area contributed by atoms with E-state index in [1.165, 1.54) is 5.56 Å². The Balaban J connectivity index is 1.49. The van der Waals surface area contributed by atoms with Crippen molar-refractivity contribution in [3.05, 3.63) is 41.9 Å². The molecule has 2 aromatic rings. The first-order valence-electron chi connectivity index (χ1n) is 7.61. The van der Waals surface area contributed by atoms with Crippen LogP contribution < -0.4 is 10.2 Å². The Labute approximate surface area is 126 Å². The Hall–Kier alpha value is -1.88. The summed E-state index contributed by atoms with van der Waals surface area (Å²) in [5.74, 6) is 1.10. The molecule has 112 valence electrons. The van der Waals surface area contributed by atoms with Crippen molar-refractivity contribution in [3.8, 4) is 0 Å². The van der Waals surface area contributed by atoms with E-state index in [1.54, 1.807) is 0 Å². The van der Waals surface area contributed by atoms with Crippen molar-refractivity contribution in [1.29, 1.82) is 0 Å². The summed E-state index contributed by atoms with van der Waals surface area (Å²) in [7, 11) is 1.97. The van der Waals surface area contributed by atoms with E-state index in [2.05, 4.69) is 45.6 Å². The van der Waals surface area contributed by atoms with Gasteiger partial charge in [-0.3, -0.25) is 4.68 Å². The molecule has 21 heavy (non-hydrogen) atoms. The summed E-state index contributed by atoms with van der Waals surface area (Å²) in [5, 5.41) is 8.05. The lowest BCUT2D eigenvalue weighted by Crippen LogP contribution is -2.42. The molecule has 2 aromatic heterocycles. The minimum atomic E-state index is 0.588. The Morgan fingerprint density at radius 3 is 2.71 bits per heavy atom. The first-order chi connectivity index (χ1) is 10.2. The number of nitrogens with zero attached hydrogens (tertiary/aromatic N) is 4. The third-order valence-corrected chi connectivity index (χ3v) is 4.16. The van der Waals surface area contributed by atoms with Gasteiger partial charge in [-0.2, -0.15) is 5.10 Å². The molecule has 0 atom stereocenters. The van der Waals surface area contributed by atoms with Gasteiger partial charge in [0.25, 0.3) is 0 Å². The van der Waals surface area contributed by atoms with Crippen molar-refractivity contribution in [3.63, 3.8) is 0 Å². The van der Waals surface area contributed by atoms with Gasteiger partial charge in [0.15, 0.2) is 0 Å². The Bertz CT molecular complexity index is 570. The molecule has 1 N–H and O–H groups in total. The summed E-state index contributed by atoms with van der Waals surface area (Å²) in [6.45, 7) is 5.12. The second-order valence-corrected chi connectivity index (χ2v) is 5.74. The minimum Gasteiger partial charge on any atom is -0.357 e. The van der Waals surface area contributed by atoms with E-state index in [1.807, 2.05) is 24.0 Å². The number of hydrogen-bond acceptors (Lipinski definition) is 4. The van der Waals surface area contributed by atoms with E-state index < -0.39 is 0 Å². The van der Waals surface area contributed by atoms with Gasteiger partial charge >= 0.3 is 0 Å². The molecule has 1 aliphatic rings. The number of aryl methyl sites for hydroxylation is 2. The van der Waals surface area contributed by atoms with Gasteiger partial charge in [0.1, 0.15) is 5.82 Å². The highest BCUT2D eigenvalue weighted by atomic mass is 15.3. The average molecular weight is 285 g/mol. The molecule has 0 spiro atoms. The predicted molar refractivity (Wildman–Crippen MR) is 84.3 cm³/mol. The van der Waals surface area contributed by atoms with Crippen molar-refractivity contribution < 1.29 is 0 Å². The quantitative estimate of drug-likeness (QED) is 0.932. The molecule has 3 rings (SSSR count). The summed E-state index contributed by atoms with van der Waals surface area (Å²) in [5.41, 5.74) is 2.42. The van der Waals surface area contributed by atoms with Crippen LogP contribution in [0.25, 0.3) is 0 Å². The smallest absolute Gasteiger partial charge is 0.128 e. The topological polar surface area (TPSA) is 46.0 Å². The predicted octanol–water partition coefficient (Wildman–Crippen LogP) is 1.88. The summed E-state index contributed by atoms with van der Waals surface area (Å²) in [6, 6.07) is 6.70. The van der Waals surface area contributed by atoms with Crippen molar-refractivity contribution in [2.75, 3.05) is 18.0 Å². The molecular weight excluding hydrogens is 262 g/mol. The lowest BCUT2D eigenvalue weighted by molar-refractivity contribution is 0.412. The fourth-order valence-electron chi connectivity index (χ4n) is 2.93. The summed E-state index contributed by atoms with van der Waals surface area (Å²) < 4.78 is 1.88. The highest BCUT2D eigenvalue weighted by molar-refractivity contribution is 5.38. The third-order valence-electron chi connectivity index (χ3n) is 4.16. The van der Waals surface area contributed by atoms with Gasteiger partial charge in [-0.1, -0.05) is 6.07 Å². The maximum atomic E-state index is 4.43. The van der Waals surface area contributed by atoms with Crippen molar-refractivity contribution in [2.45, 2.75) is 32.4 Å². The zero-order valence-corrected chi connectivity index (χ0v) is 12.8. The molecule has 1 saturated heterocycles. The molecule has 0 saturated carbocycles. The third kappa shape index (κ3) is 3.42. The van der Waals surface area contributed by atoms with E-state index in [0.717, 1.165) is 44.0 Å². The van der Waals surface area contributed by atoms with Crippen LogP contribution >= 0.6 is 0 Å². The lowest BCUT2D eigenvalue weighted by atomic mass is 10.0. The van der Waals surface area contributed by atoms with Gasteiger partial charge in [0.05, 0.1) is 5.69 Å². The maximum Gasteiger partial charge on any atom is 0.128 e. The molecule has 0 amide bonds. The van der Waals surface area contributed by atoms with Crippen LogP contribution in [0.15, 0.2) is 30.6 Å². The molecule has 0 aliphatic carbocycles. The SMILES string of the molecule is Cc1nn(C)cc1CNC1CCN(c2ccccn2)CC1. The first-order valence-corrected chi connectivity index (χ1v) is 7.61. The van der Waals surface area contributed by atoms with Gasteiger partial charge in [-0.05, 0) is 31.9 Å². The number of aromatic nitrogens is 3. The molecule has 0 unspecified atom stereocenters. The number of hydrogen-bond donors (Lipinski definition) is 1. The zero-order chi connectivity index (χ0) is 14.7. The number of pyridine rings is 1. The highest BCUT2D eigenvalue weighted by Crippen LogP contribution is 2.17. The van der Waals surface area contributed by atoms with Crippen molar-refractivity contribution >= 4 is 5.82 Å². The van der Waals surface area contributed by atoms with E-state index in [0.29, 0.717) is 6.04 Å². The Morgan fingerprint density at radius 1 is 1.29 bits per heavy atom.